The molecule has 1 aliphatic rings. The van der Waals surface area contributed by atoms with Gasteiger partial charge in [0.2, 0.25) is 0 Å². The molecule has 1 amide bonds. The molecular weight excluding hydrogens is 318 g/mol. The Morgan fingerprint density at radius 1 is 1.20 bits per heavy atom. The van der Waals surface area contributed by atoms with Crippen LogP contribution in [0.3, 0.4) is 0 Å². The Bertz CT molecular complexity index is 703. The topological polar surface area (TPSA) is 77.2 Å². The number of nitrogens with zero attached hydrogens (tertiary/aromatic N) is 2. The molecule has 2 aromatic rings. The molecule has 0 aliphatic heterocycles. The summed E-state index contributed by atoms with van der Waals surface area (Å²) in [6.07, 6.45) is 4.25. The van der Waals surface area contributed by atoms with Crippen LogP contribution in [-0.2, 0) is 9.53 Å². The fourth-order valence-electron chi connectivity index (χ4n) is 2.90. The van der Waals surface area contributed by atoms with E-state index in [1.807, 2.05) is 38.1 Å². The number of amides is 1. The summed E-state index contributed by atoms with van der Waals surface area (Å²) in [6, 6.07) is 7.37. The highest BCUT2D eigenvalue weighted by molar-refractivity contribution is 5.94. The van der Waals surface area contributed by atoms with E-state index in [9.17, 15) is 4.79 Å². The molecule has 1 aliphatic carbocycles. The van der Waals surface area contributed by atoms with Gasteiger partial charge in [-0.3, -0.25) is 4.79 Å². The van der Waals surface area contributed by atoms with Gasteiger partial charge in [-0.2, -0.15) is 4.98 Å². The van der Waals surface area contributed by atoms with Gasteiger partial charge >= 0.3 is 0 Å². The number of ether oxygens (including phenoxy) is 1. The van der Waals surface area contributed by atoms with Gasteiger partial charge in [-0.1, -0.05) is 31.8 Å². The van der Waals surface area contributed by atoms with Crippen LogP contribution in [0.5, 0.6) is 0 Å². The third-order valence-corrected chi connectivity index (χ3v) is 4.43. The van der Waals surface area contributed by atoms with Crippen LogP contribution in [-0.4, -0.2) is 28.3 Å². The number of anilines is 1. The lowest BCUT2D eigenvalue weighted by molar-refractivity contribution is -0.129. The van der Waals surface area contributed by atoms with Crippen LogP contribution in [0.2, 0.25) is 0 Å². The standard InChI is InChI=1S/C19H25N3O3/c1-12(2)17-21-19(25-22-17)14-8-10-15(11-9-14)20-18(23)13(3)24-16-6-4-5-7-16/h8-13,16H,4-7H2,1-3H3,(H,20,23)/t13-/m0/s1. The summed E-state index contributed by atoms with van der Waals surface area (Å²) in [7, 11) is 0. The molecule has 6 heteroatoms. The lowest BCUT2D eigenvalue weighted by atomic mass is 10.2. The summed E-state index contributed by atoms with van der Waals surface area (Å²) in [5.74, 6) is 1.27. The maximum atomic E-state index is 12.3. The molecule has 1 N–H and O–H groups in total. The van der Waals surface area contributed by atoms with Crippen molar-refractivity contribution in [3.8, 4) is 11.5 Å². The van der Waals surface area contributed by atoms with Crippen LogP contribution in [0.4, 0.5) is 5.69 Å². The zero-order valence-electron chi connectivity index (χ0n) is 15.0. The molecule has 3 rings (SSSR count). The molecule has 1 saturated carbocycles. The largest absolute Gasteiger partial charge is 0.365 e. The van der Waals surface area contributed by atoms with Crippen molar-refractivity contribution in [2.45, 2.75) is 64.6 Å². The number of benzene rings is 1. The smallest absolute Gasteiger partial charge is 0.257 e. The quantitative estimate of drug-likeness (QED) is 0.852. The van der Waals surface area contributed by atoms with Crippen molar-refractivity contribution in [2.24, 2.45) is 0 Å². The Morgan fingerprint density at radius 3 is 2.48 bits per heavy atom. The van der Waals surface area contributed by atoms with Crippen molar-refractivity contribution in [1.29, 1.82) is 0 Å². The number of carbonyl (C=O) groups excluding carboxylic acids is 1. The summed E-state index contributed by atoms with van der Waals surface area (Å²) in [6.45, 7) is 5.83. The number of nitrogens with one attached hydrogen (secondary N) is 1. The van der Waals surface area contributed by atoms with Crippen LogP contribution >= 0.6 is 0 Å². The number of rotatable bonds is 6. The molecule has 1 heterocycles. The van der Waals surface area contributed by atoms with Gasteiger partial charge in [0.25, 0.3) is 11.8 Å². The first-order chi connectivity index (χ1) is 12.0. The zero-order valence-corrected chi connectivity index (χ0v) is 15.0. The lowest BCUT2D eigenvalue weighted by Gasteiger charge is -2.18. The van der Waals surface area contributed by atoms with Crippen molar-refractivity contribution in [3.63, 3.8) is 0 Å². The zero-order chi connectivity index (χ0) is 17.8. The van der Waals surface area contributed by atoms with Crippen molar-refractivity contribution in [3.05, 3.63) is 30.1 Å². The normalized spacial score (nSPS) is 16.3. The van der Waals surface area contributed by atoms with Crippen molar-refractivity contribution >= 4 is 11.6 Å². The fourth-order valence-corrected chi connectivity index (χ4v) is 2.90. The molecule has 0 spiro atoms. The highest BCUT2D eigenvalue weighted by Gasteiger charge is 2.22. The van der Waals surface area contributed by atoms with Gasteiger partial charge in [0.05, 0.1) is 6.10 Å². The van der Waals surface area contributed by atoms with E-state index in [-0.39, 0.29) is 17.9 Å². The van der Waals surface area contributed by atoms with E-state index >= 15 is 0 Å². The minimum absolute atomic E-state index is 0.125. The van der Waals surface area contributed by atoms with E-state index in [1.54, 1.807) is 6.92 Å². The molecule has 6 nitrogen and oxygen atoms in total. The van der Waals surface area contributed by atoms with E-state index in [0.29, 0.717) is 11.7 Å². The average molecular weight is 343 g/mol. The second-order valence-electron chi connectivity index (χ2n) is 6.86. The average Bonchev–Trinajstić information content (AvgIpc) is 3.27. The summed E-state index contributed by atoms with van der Waals surface area (Å²) in [4.78, 5) is 16.6. The molecule has 1 fully saturated rings. The second kappa shape index (κ2) is 7.78. The predicted octanol–water partition coefficient (Wildman–Crippen LogP) is 4.15. The summed E-state index contributed by atoms with van der Waals surface area (Å²) in [5.41, 5.74) is 1.55. The molecule has 0 radical (unpaired) electrons. The van der Waals surface area contributed by atoms with E-state index in [4.69, 9.17) is 9.26 Å². The molecule has 134 valence electrons. The Labute approximate surface area is 148 Å². The van der Waals surface area contributed by atoms with Gasteiger partial charge in [-0.05, 0) is 44.0 Å². The van der Waals surface area contributed by atoms with Gasteiger partial charge in [0.1, 0.15) is 6.10 Å². The predicted molar refractivity (Wildman–Crippen MR) is 95.3 cm³/mol. The van der Waals surface area contributed by atoms with Gasteiger partial charge in [0, 0.05) is 17.2 Å². The maximum Gasteiger partial charge on any atom is 0.257 e. The van der Waals surface area contributed by atoms with Crippen LogP contribution in [0, 0.1) is 0 Å². The molecular formula is C19H25N3O3. The summed E-state index contributed by atoms with van der Waals surface area (Å²) < 4.78 is 11.1. The third-order valence-electron chi connectivity index (χ3n) is 4.43. The lowest BCUT2D eigenvalue weighted by Crippen LogP contribution is -2.30. The van der Waals surface area contributed by atoms with E-state index in [2.05, 4.69) is 15.5 Å². The van der Waals surface area contributed by atoms with Crippen LogP contribution in [0.15, 0.2) is 28.8 Å². The number of hydrogen-bond donors (Lipinski definition) is 1. The van der Waals surface area contributed by atoms with Crippen molar-refractivity contribution < 1.29 is 14.1 Å². The van der Waals surface area contributed by atoms with Crippen LogP contribution < -0.4 is 5.32 Å². The molecule has 1 atom stereocenters. The molecule has 1 aromatic heterocycles. The minimum atomic E-state index is -0.452. The van der Waals surface area contributed by atoms with E-state index in [0.717, 1.165) is 24.1 Å². The highest BCUT2D eigenvalue weighted by Crippen LogP contribution is 2.24. The highest BCUT2D eigenvalue weighted by atomic mass is 16.5. The fraction of sp³-hybridized carbons (Fsp3) is 0.526. The Balaban J connectivity index is 1.58. The summed E-state index contributed by atoms with van der Waals surface area (Å²) >= 11 is 0. The molecule has 1 aromatic carbocycles. The number of carbonyl (C=O) groups is 1. The minimum Gasteiger partial charge on any atom is -0.365 e. The van der Waals surface area contributed by atoms with Crippen molar-refractivity contribution in [2.75, 3.05) is 5.32 Å². The second-order valence-corrected chi connectivity index (χ2v) is 6.86. The SMILES string of the molecule is CC(C)c1noc(-c2ccc(NC(=O)[C@H](C)OC3CCCC3)cc2)n1. The Morgan fingerprint density at radius 2 is 1.88 bits per heavy atom. The number of aromatic nitrogens is 2. The van der Waals surface area contributed by atoms with Crippen LogP contribution in [0.25, 0.3) is 11.5 Å². The Kier molecular flexibility index (Phi) is 5.48. The first-order valence-electron chi connectivity index (χ1n) is 8.93. The van der Waals surface area contributed by atoms with Gasteiger partial charge < -0.3 is 14.6 Å². The molecule has 25 heavy (non-hydrogen) atoms. The first-order valence-corrected chi connectivity index (χ1v) is 8.93. The molecule has 0 saturated heterocycles. The van der Waals surface area contributed by atoms with Gasteiger partial charge in [-0.15, -0.1) is 0 Å². The Hall–Kier alpha value is -2.21. The third kappa shape index (κ3) is 4.45. The van der Waals surface area contributed by atoms with Crippen molar-refractivity contribution in [1.82, 2.24) is 10.1 Å². The van der Waals surface area contributed by atoms with E-state index < -0.39 is 6.10 Å². The van der Waals surface area contributed by atoms with Gasteiger partial charge in [-0.25, -0.2) is 0 Å². The first kappa shape index (κ1) is 17.6. The number of hydrogen-bond acceptors (Lipinski definition) is 5. The van der Waals surface area contributed by atoms with E-state index in [1.165, 1.54) is 12.8 Å². The van der Waals surface area contributed by atoms with Gasteiger partial charge in [0.15, 0.2) is 5.82 Å². The molecule has 0 unspecified atom stereocenters. The molecule has 0 bridgehead atoms. The monoisotopic (exact) mass is 343 g/mol. The maximum absolute atomic E-state index is 12.3. The summed E-state index contributed by atoms with van der Waals surface area (Å²) in [5, 5.41) is 6.85. The van der Waals surface area contributed by atoms with Crippen LogP contribution in [0.1, 0.15) is 58.2 Å².